The van der Waals surface area contributed by atoms with Crippen molar-refractivity contribution < 1.29 is 4.79 Å². The number of hydrogen-bond donors (Lipinski definition) is 0. The van der Waals surface area contributed by atoms with Gasteiger partial charge in [0.15, 0.2) is 0 Å². The minimum Gasteiger partial charge on any atom is -0.339 e. The van der Waals surface area contributed by atoms with Crippen LogP contribution in [0.2, 0.25) is 0 Å². The molecule has 1 aliphatic heterocycles. The van der Waals surface area contributed by atoms with E-state index in [1.165, 1.54) is 0 Å². The highest BCUT2D eigenvalue weighted by atomic mass is 16.2. The fourth-order valence-corrected chi connectivity index (χ4v) is 2.66. The van der Waals surface area contributed by atoms with Crippen molar-refractivity contribution in [2.45, 2.75) is 19.8 Å². The van der Waals surface area contributed by atoms with Crippen molar-refractivity contribution in [2.75, 3.05) is 13.1 Å². The summed E-state index contributed by atoms with van der Waals surface area (Å²) in [6.07, 6.45) is 4.00. The van der Waals surface area contributed by atoms with Gasteiger partial charge >= 0.3 is 0 Å². The van der Waals surface area contributed by atoms with Crippen molar-refractivity contribution in [1.29, 1.82) is 0 Å². The summed E-state index contributed by atoms with van der Waals surface area (Å²) in [7, 11) is 1.96. The Morgan fingerprint density at radius 1 is 1.32 bits per heavy atom. The average Bonchev–Trinajstić information content (AvgIpc) is 2.80. The summed E-state index contributed by atoms with van der Waals surface area (Å²) in [6, 6.07) is 5.78. The van der Waals surface area contributed by atoms with Gasteiger partial charge in [0, 0.05) is 25.7 Å². The number of carbonyl (C=O) groups is 1. The molecule has 100 valence electrons. The number of aromatic nitrogens is 2. The smallest absolute Gasteiger partial charge is 0.253 e. The van der Waals surface area contributed by atoms with Gasteiger partial charge in [-0.1, -0.05) is 6.92 Å². The predicted octanol–water partition coefficient (Wildman–Crippen LogP) is 2.45. The normalized spacial score (nSPS) is 17.1. The fraction of sp³-hybridized carbons (Fsp3) is 0.467. The number of carbonyl (C=O) groups excluding carboxylic acids is 1. The van der Waals surface area contributed by atoms with Gasteiger partial charge in [0.1, 0.15) is 0 Å². The Hall–Kier alpha value is -1.84. The molecule has 19 heavy (non-hydrogen) atoms. The van der Waals surface area contributed by atoms with Crippen molar-refractivity contribution in [3.63, 3.8) is 0 Å². The third-order valence-corrected chi connectivity index (χ3v) is 4.04. The van der Waals surface area contributed by atoms with Gasteiger partial charge in [0.2, 0.25) is 0 Å². The maximum Gasteiger partial charge on any atom is 0.253 e. The van der Waals surface area contributed by atoms with Gasteiger partial charge in [-0.15, -0.1) is 0 Å². The standard InChI is InChI=1S/C15H19N3O/c1-11-5-7-18(8-6-11)15(19)12-3-4-14-13(9-12)16-10-17(14)2/h3-4,9-11H,5-8H2,1-2H3. The fourth-order valence-electron chi connectivity index (χ4n) is 2.66. The molecule has 1 aliphatic rings. The second-order valence-corrected chi connectivity index (χ2v) is 5.53. The van der Waals surface area contributed by atoms with Crippen molar-refractivity contribution in [1.82, 2.24) is 14.5 Å². The molecule has 1 fully saturated rings. The molecule has 4 nitrogen and oxygen atoms in total. The molecule has 0 bridgehead atoms. The van der Waals surface area contributed by atoms with E-state index in [1.807, 2.05) is 34.7 Å². The van der Waals surface area contributed by atoms with Crippen LogP contribution in [0.15, 0.2) is 24.5 Å². The van der Waals surface area contributed by atoms with E-state index in [1.54, 1.807) is 6.33 Å². The van der Waals surface area contributed by atoms with E-state index in [9.17, 15) is 4.79 Å². The molecule has 0 saturated carbocycles. The van der Waals surface area contributed by atoms with Gasteiger partial charge in [-0.3, -0.25) is 4.79 Å². The lowest BCUT2D eigenvalue weighted by atomic mass is 9.98. The topological polar surface area (TPSA) is 38.1 Å². The summed E-state index contributed by atoms with van der Waals surface area (Å²) in [4.78, 5) is 18.7. The third kappa shape index (κ3) is 2.23. The molecule has 1 amide bonds. The second-order valence-electron chi connectivity index (χ2n) is 5.53. The Kier molecular flexibility index (Phi) is 3.01. The highest BCUT2D eigenvalue weighted by molar-refractivity contribution is 5.97. The first-order chi connectivity index (χ1) is 9.15. The van der Waals surface area contributed by atoms with Gasteiger partial charge in [0.05, 0.1) is 17.4 Å². The van der Waals surface area contributed by atoms with Crippen LogP contribution in [0.4, 0.5) is 0 Å². The number of rotatable bonds is 1. The molecule has 2 aromatic rings. The number of likely N-dealkylation sites (tertiary alicyclic amines) is 1. The first-order valence-electron chi connectivity index (χ1n) is 6.85. The molecule has 4 heteroatoms. The minimum atomic E-state index is 0.138. The third-order valence-electron chi connectivity index (χ3n) is 4.04. The van der Waals surface area contributed by atoms with Gasteiger partial charge < -0.3 is 9.47 Å². The Morgan fingerprint density at radius 3 is 2.79 bits per heavy atom. The van der Waals surface area contributed by atoms with Crippen LogP contribution in [0.25, 0.3) is 11.0 Å². The van der Waals surface area contributed by atoms with Gasteiger partial charge in [-0.2, -0.15) is 0 Å². The summed E-state index contributed by atoms with van der Waals surface area (Å²) >= 11 is 0. The highest BCUT2D eigenvalue weighted by Crippen LogP contribution is 2.20. The number of aryl methyl sites for hydroxylation is 1. The molecule has 0 radical (unpaired) electrons. The van der Waals surface area contributed by atoms with Gasteiger partial charge in [0.25, 0.3) is 5.91 Å². The number of amides is 1. The summed E-state index contributed by atoms with van der Waals surface area (Å²) in [6.45, 7) is 4.00. The molecule has 3 rings (SSSR count). The van der Waals surface area contributed by atoms with Crippen LogP contribution in [0.1, 0.15) is 30.1 Å². The molecular formula is C15H19N3O. The van der Waals surface area contributed by atoms with E-state index in [4.69, 9.17) is 0 Å². The Balaban J connectivity index is 1.85. The van der Waals surface area contributed by atoms with E-state index in [0.29, 0.717) is 0 Å². The first-order valence-corrected chi connectivity index (χ1v) is 6.85. The lowest BCUT2D eigenvalue weighted by molar-refractivity contribution is 0.0697. The summed E-state index contributed by atoms with van der Waals surface area (Å²) < 4.78 is 1.96. The summed E-state index contributed by atoms with van der Waals surface area (Å²) in [5, 5.41) is 0. The molecule has 0 N–H and O–H groups in total. The lowest BCUT2D eigenvalue weighted by Crippen LogP contribution is -2.37. The van der Waals surface area contributed by atoms with Crippen LogP contribution in [-0.2, 0) is 7.05 Å². The van der Waals surface area contributed by atoms with Crippen molar-refractivity contribution >= 4 is 16.9 Å². The van der Waals surface area contributed by atoms with Crippen LogP contribution < -0.4 is 0 Å². The maximum absolute atomic E-state index is 12.4. The van der Waals surface area contributed by atoms with Crippen LogP contribution in [0, 0.1) is 5.92 Å². The molecule has 0 atom stereocenters. The largest absolute Gasteiger partial charge is 0.339 e. The van der Waals surface area contributed by atoms with Gasteiger partial charge in [-0.05, 0) is 37.0 Å². The zero-order valence-electron chi connectivity index (χ0n) is 11.5. The molecule has 0 aliphatic carbocycles. The average molecular weight is 257 g/mol. The molecule has 1 saturated heterocycles. The monoisotopic (exact) mass is 257 g/mol. The summed E-state index contributed by atoms with van der Waals surface area (Å²) in [5.74, 6) is 0.877. The van der Waals surface area contributed by atoms with E-state index >= 15 is 0 Å². The van der Waals surface area contributed by atoms with E-state index in [0.717, 1.165) is 48.4 Å². The number of piperidine rings is 1. The SMILES string of the molecule is CC1CCN(C(=O)c2ccc3c(c2)ncn3C)CC1. The van der Waals surface area contributed by atoms with Crippen LogP contribution in [-0.4, -0.2) is 33.4 Å². The number of nitrogens with zero attached hydrogens (tertiary/aromatic N) is 3. The van der Waals surface area contributed by atoms with Crippen molar-refractivity contribution in [2.24, 2.45) is 13.0 Å². The molecule has 0 spiro atoms. The minimum absolute atomic E-state index is 0.138. The molecule has 1 aromatic heterocycles. The van der Waals surface area contributed by atoms with Crippen LogP contribution >= 0.6 is 0 Å². The van der Waals surface area contributed by atoms with Gasteiger partial charge in [-0.25, -0.2) is 4.98 Å². The van der Waals surface area contributed by atoms with E-state index in [-0.39, 0.29) is 5.91 Å². The second kappa shape index (κ2) is 4.68. The number of fused-ring (bicyclic) bond motifs is 1. The van der Waals surface area contributed by atoms with E-state index in [2.05, 4.69) is 11.9 Å². The quantitative estimate of drug-likeness (QED) is 0.787. The number of hydrogen-bond acceptors (Lipinski definition) is 2. The highest BCUT2D eigenvalue weighted by Gasteiger charge is 2.21. The summed E-state index contributed by atoms with van der Waals surface area (Å²) in [5.41, 5.74) is 2.70. The Labute approximate surface area is 113 Å². The van der Waals surface area contributed by atoms with E-state index < -0.39 is 0 Å². The maximum atomic E-state index is 12.4. The number of imidazole rings is 1. The predicted molar refractivity (Wildman–Crippen MR) is 75.0 cm³/mol. The lowest BCUT2D eigenvalue weighted by Gasteiger charge is -2.30. The molecule has 2 heterocycles. The molecule has 1 aromatic carbocycles. The molecular weight excluding hydrogens is 238 g/mol. The first kappa shape index (κ1) is 12.2. The van der Waals surface area contributed by atoms with Crippen LogP contribution in [0.3, 0.4) is 0 Å². The number of benzene rings is 1. The Bertz CT molecular complexity index is 609. The Morgan fingerprint density at radius 2 is 2.05 bits per heavy atom. The van der Waals surface area contributed by atoms with Crippen molar-refractivity contribution in [3.8, 4) is 0 Å². The molecule has 0 unspecified atom stereocenters. The van der Waals surface area contributed by atoms with Crippen LogP contribution in [0.5, 0.6) is 0 Å². The zero-order chi connectivity index (χ0) is 13.4. The van der Waals surface area contributed by atoms with Crippen molar-refractivity contribution in [3.05, 3.63) is 30.1 Å². The zero-order valence-corrected chi connectivity index (χ0v) is 11.5.